The van der Waals surface area contributed by atoms with E-state index in [2.05, 4.69) is 5.32 Å². The van der Waals surface area contributed by atoms with E-state index in [9.17, 15) is 14.4 Å². The van der Waals surface area contributed by atoms with Gasteiger partial charge in [-0.1, -0.05) is 0 Å². The quantitative estimate of drug-likeness (QED) is 0.590. The molecule has 0 saturated carbocycles. The Labute approximate surface area is 104 Å². The van der Waals surface area contributed by atoms with E-state index >= 15 is 0 Å². The first kappa shape index (κ1) is 14.2. The third-order valence-electron chi connectivity index (χ3n) is 2.49. The number of likely N-dealkylation sites (N-methyl/N-ethyl adjacent to an activating group) is 1. The fraction of sp³-hybridized carbons (Fsp3) is 0.700. The van der Waals surface area contributed by atoms with Crippen molar-refractivity contribution in [2.75, 3.05) is 46.4 Å². The highest BCUT2D eigenvalue weighted by atomic mass is 16.5. The first-order chi connectivity index (χ1) is 8.50. The largest absolute Gasteiger partial charge is 0.480 e. The molecule has 0 aromatic carbocycles. The molecule has 102 valence electrons. The Kier molecular flexibility index (Phi) is 5.37. The lowest BCUT2D eigenvalue weighted by molar-refractivity contribution is -0.142. The Bertz CT molecular complexity index is 333. The van der Waals surface area contributed by atoms with Crippen molar-refractivity contribution in [3.8, 4) is 0 Å². The second-order valence-electron chi connectivity index (χ2n) is 3.92. The van der Waals surface area contributed by atoms with Crippen LogP contribution in [-0.4, -0.2) is 79.3 Å². The van der Waals surface area contributed by atoms with Gasteiger partial charge in [0.1, 0.15) is 13.2 Å². The zero-order chi connectivity index (χ0) is 13.5. The molecule has 1 saturated heterocycles. The molecule has 1 aliphatic heterocycles. The van der Waals surface area contributed by atoms with Crippen LogP contribution in [0.1, 0.15) is 0 Å². The molecular formula is C10H17N3O5. The highest BCUT2D eigenvalue weighted by Gasteiger charge is 2.24. The molecule has 18 heavy (non-hydrogen) atoms. The molecule has 0 aromatic rings. The molecule has 3 amide bonds. The van der Waals surface area contributed by atoms with Crippen LogP contribution in [0.5, 0.6) is 0 Å². The maximum absolute atomic E-state index is 11.6. The number of carbonyl (C=O) groups is 3. The number of hydrogen-bond acceptors (Lipinski definition) is 4. The number of nitrogens with one attached hydrogen (secondary N) is 1. The number of aliphatic carboxylic acids is 1. The lowest BCUT2D eigenvalue weighted by atomic mass is 10.3. The molecule has 1 fully saturated rings. The standard InChI is InChI=1S/C10H17N3O5/c1-12-3-4-13(6-8(12)14)10(17)11-2-5-18-7-9(15)16/h2-7H2,1H3,(H,11,17)(H,15,16). The first-order valence-corrected chi connectivity index (χ1v) is 5.57. The molecule has 1 heterocycles. The summed E-state index contributed by atoms with van der Waals surface area (Å²) in [5.74, 6) is -1.15. The van der Waals surface area contributed by atoms with Crippen LogP contribution >= 0.6 is 0 Å². The number of ether oxygens (including phenoxy) is 1. The van der Waals surface area contributed by atoms with Crippen LogP contribution < -0.4 is 5.32 Å². The molecule has 8 nitrogen and oxygen atoms in total. The average Bonchev–Trinajstić information content (AvgIpc) is 2.31. The van der Waals surface area contributed by atoms with Gasteiger partial charge in [-0.25, -0.2) is 9.59 Å². The first-order valence-electron chi connectivity index (χ1n) is 5.57. The number of hydrogen-bond donors (Lipinski definition) is 2. The Morgan fingerprint density at radius 3 is 2.78 bits per heavy atom. The summed E-state index contributed by atoms with van der Waals surface area (Å²) in [7, 11) is 1.69. The van der Waals surface area contributed by atoms with Crippen LogP contribution in [0.4, 0.5) is 4.79 Å². The lowest BCUT2D eigenvalue weighted by Gasteiger charge is -2.31. The maximum Gasteiger partial charge on any atom is 0.329 e. The molecule has 1 aliphatic rings. The van der Waals surface area contributed by atoms with Crippen molar-refractivity contribution in [1.82, 2.24) is 15.1 Å². The predicted octanol–water partition coefficient (Wildman–Crippen LogP) is -1.43. The minimum absolute atomic E-state index is 0.0678. The topological polar surface area (TPSA) is 99.2 Å². The summed E-state index contributed by atoms with van der Waals surface area (Å²) in [6.07, 6.45) is 0. The van der Waals surface area contributed by atoms with Crippen molar-refractivity contribution in [1.29, 1.82) is 0 Å². The number of urea groups is 1. The van der Waals surface area contributed by atoms with E-state index in [-0.39, 0.29) is 38.2 Å². The number of piperazine rings is 1. The molecule has 0 atom stereocenters. The lowest BCUT2D eigenvalue weighted by Crippen LogP contribution is -2.53. The summed E-state index contributed by atoms with van der Waals surface area (Å²) in [5, 5.41) is 10.9. The smallest absolute Gasteiger partial charge is 0.329 e. The van der Waals surface area contributed by atoms with Gasteiger partial charge in [-0.15, -0.1) is 0 Å². The van der Waals surface area contributed by atoms with Crippen molar-refractivity contribution in [3.05, 3.63) is 0 Å². The molecule has 8 heteroatoms. The fourth-order valence-corrected chi connectivity index (χ4v) is 1.43. The van der Waals surface area contributed by atoms with Crippen molar-refractivity contribution < 1.29 is 24.2 Å². The van der Waals surface area contributed by atoms with E-state index in [1.165, 1.54) is 4.90 Å². The summed E-state index contributed by atoms with van der Waals surface area (Å²) in [5.41, 5.74) is 0. The van der Waals surface area contributed by atoms with Gasteiger partial charge < -0.3 is 25.0 Å². The summed E-state index contributed by atoms with van der Waals surface area (Å²) in [6, 6.07) is -0.338. The maximum atomic E-state index is 11.6. The van der Waals surface area contributed by atoms with E-state index in [0.29, 0.717) is 13.1 Å². The molecule has 1 rings (SSSR count). The fourth-order valence-electron chi connectivity index (χ4n) is 1.43. The molecule has 0 spiro atoms. The highest BCUT2D eigenvalue weighted by molar-refractivity contribution is 5.85. The molecule has 0 radical (unpaired) electrons. The van der Waals surface area contributed by atoms with Gasteiger partial charge in [0.2, 0.25) is 5.91 Å². The van der Waals surface area contributed by atoms with Crippen LogP contribution in [0.25, 0.3) is 0 Å². The third kappa shape index (κ3) is 4.58. The number of nitrogens with zero attached hydrogens (tertiary/aromatic N) is 2. The van der Waals surface area contributed by atoms with E-state index in [0.717, 1.165) is 0 Å². The molecular weight excluding hydrogens is 242 g/mol. The molecule has 0 aliphatic carbocycles. The average molecular weight is 259 g/mol. The normalized spacial score (nSPS) is 15.7. The monoisotopic (exact) mass is 259 g/mol. The van der Waals surface area contributed by atoms with Gasteiger partial charge in [0, 0.05) is 26.7 Å². The Hall–Kier alpha value is -1.83. The van der Waals surface area contributed by atoms with Gasteiger partial charge >= 0.3 is 12.0 Å². The van der Waals surface area contributed by atoms with Crippen LogP contribution in [0.3, 0.4) is 0 Å². The Morgan fingerprint density at radius 1 is 1.44 bits per heavy atom. The van der Waals surface area contributed by atoms with E-state index in [4.69, 9.17) is 9.84 Å². The van der Waals surface area contributed by atoms with Gasteiger partial charge in [-0.3, -0.25) is 4.79 Å². The van der Waals surface area contributed by atoms with Crippen LogP contribution in [0.2, 0.25) is 0 Å². The number of carbonyl (C=O) groups excluding carboxylic acids is 2. The highest BCUT2D eigenvalue weighted by Crippen LogP contribution is 2.00. The number of carboxylic acids is 1. The van der Waals surface area contributed by atoms with Crippen LogP contribution in [-0.2, 0) is 14.3 Å². The SMILES string of the molecule is CN1CCN(C(=O)NCCOCC(=O)O)CC1=O. The minimum Gasteiger partial charge on any atom is -0.480 e. The Balaban J connectivity index is 2.17. The number of amides is 3. The summed E-state index contributed by atoms with van der Waals surface area (Å²) >= 11 is 0. The second kappa shape index (κ2) is 6.80. The predicted molar refractivity (Wildman–Crippen MR) is 61.1 cm³/mol. The zero-order valence-corrected chi connectivity index (χ0v) is 10.2. The van der Waals surface area contributed by atoms with Crippen molar-refractivity contribution in [2.24, 2.45) is 0 Å². The van der Waals surface area contributed by atoms with Crippen LogP contribution in [0.15, 0.2) is 0 Å². The van der Waals surface area contributed by atoms with Crippen molar-refractivity contribution >= 4 is 17.9 Å². The third-order valence-corrected chi connectivity index (χ3v) is 2.49. The summed E-state index contributed by atoms with van der Waals surface area (Å²) < 4.78 is 4.76. The minimum atomic E-state index is -1.05. The molecule has 0 aromatic heterocycles. The number of carboxylic acid groups (broad SMARTS) is 1. The van der Waals surface area contributed by atoms with E-state index in [1.54, 1.807) is 11.9 Å². The van der Waals surface area contributed by atoms with Crippen molar-refractivity contribution in [2.45, 2.75) is 0 Å². The molecule has 0 bridgehead atoms. The summed E-state index contributed by atoms with van der Waals surface area (Å²) in [6.45, 7) is 1.03. The van der Waals surface area contributed by atoms with E-state index in [1.807, 2.05) is 0 Å². The Morgan fingerprint density at radius 2 is 2.17 bits per heavy atom. The van der Waals surface area contributed by atoms with Gasteiger partial charge in [0.05, 0.1) is 6.61 Å². The summed E-state index contributed by atoms with van der Waals surface area (Å²) in [4.78, 5) is 36.1. The van der Waals surface area contributed by atoms with E-state index < -0.39 is 5.97 Å². The number of rotatable bonds is 5. The van der Waals surface area contributed by atoms with Crippen molar-refractivity contribution in [3.63, 3.8) is 0 Å². The van der Waals surface area contributed by atoms with Gasteiger partial charge in [-0.2, -0.15) is 0 Å². The van der Waals surface area contributed by atoms with Gasteiger partial charge in [-0.05, 0) is 0 Å². The van der Waals surface area contributed by atoms with Crippen LogP contribution in [0, 0.1) is 0 Å². The second-order valence-corrected chi connectivity index (χ2v) is 3.92. The van der Waals surface area contributed by atoms with Gasteiger partial charge in [0.15, 0.2) is 0 Å². The molecule has 2 N–H and O–H groups in total. The molecule has 0 unspecified atom stereocenters. The zero-order valence-electron chi connectivity index (χ0n) is 10.2. The van der Waals surface area contributed by atoms with Gasteiger partial charge in [0.25, 0.3) is 0 Å².